The van der Waals surface area contributed by atoms with Gasteiger partial charge in [-0.25, -0.2) is 4.98 Å². The van der Waals surface area contributed by atoms with E-state index in [1.807, 2.05) is 36.6 Å². The lowest BCUT2D eigenvalue weighted by atomic mass is 10.0. The van der Waals surface area contributed by atoms with E-state index in [0.717, 1.165) is 21.8 Å². The molecule has 3 nitrogen and oxygen atoms in total. The third-order valence-corrected chi connectivity index (χ3v) is 3.54. The first-order valence-electron chi connectivity index (χ1n) is 5.86. The summed E-state index contributed by atoms with van der Waals surface area (Å²) in [5.41, 5.74) is 2.93. The highest BCUT2D eigenvalue weighted by molar-refractivity contribution is 7.09. The second kappa shape index (κ2) is 6.09. The van der Waals surface area contributed by atoms with E-state index in [4.69, 9.17) is 4.74 Å². The summed E-state index contributed by atoms with van der Waals surface area (Å²) in [4.78, 5) is 4.37. The maximum absolute atomic E-state index is 10.2. The molecule has 0 aliphatic rings. The standard InChI is InChI=1S/C14H17NO2S/c1-10-15-13(9-18-10)7-14(16)12-5-3-4-11(6-12)8-17-2/h3-6,9,14,16H,7-8H2,1-2H3. The van der Waals surface area contributed by atoms with Crippen LogP contribution >= 0.6 is 11.3 Å². The Kier molecular flexibility index (Phi) is 4.47. The summed E-state index contributed by atoms with van der Waals surface area (Å²) < 4.78 is 5.09. The number of rotatable bonds is 5. The molecular formula is C14H17NO2S. The van der Waals surface area contributed by atoms with Crippen molar-refractivity contribution in [2.45, 2.75) is 26.1 Å². The zero-order valence-corrected chi connectivity index (χ0v) is 11.4. The van der Waals surface area contributed by atoms with Crippen LogP contribution in [0.5, 0.6) is 0 Å². The third kappa shape index (κ3) is 3.38. The van der Waals surface area contributed by atoms with Gasteiger partial charge in [0.25, 0.3) is 0 Å². The van der Waals surface area contributed by atoms with Crippen molar-refractivity contribution < 1.29 is 9.84 Å². The van der Waals surface area contributed by atoms with Crippen molar-refractivity contribution in [1.29, 1.82) is 0 Å². The molecule has 4 heteroatoms. The molecule has 0 saturated heterocycles. The van der Waals surface area contributed by atoms with Crippen LogP contribution in [0, 0.1) is 6.92 Å². The number of thiazole rings is 1. The van der Waals surface area contributed by atoms with Crippen molar-refractivity contribution in [2.24, 2.45) is 0 Å². The molecule has 1 N–H and O–H groups in total. The Bertz CT molecular complexity index is 510. The lowest BCUT2D eigenvalue weighted by molar-refractivity contribution is 0.174. The van der Waals surface area contributed by atoms with E-state index in [0.29, 0.717) is 13.0 Å². The van der Waals surface area contributed by atoms with Gasteiger partial charge >= 0.3 is 0 Å². The minimum atomic E-state index is -0.511. The van der Waals surface area contributed by atoms with Gasteiger partial charge in [0.1, 0.15) is 0 Å². The number of hydrogen-bond donors (Lipinski definition) is 1. The number of benzene rings is 1. The quantitative estimate of drug-likeness (QED) is 0.902. The van der Waals surface area contributed by atoms with Gasteiger partial charge in [-0.3, -0.25) is 0 Å². The Balaban J connectivity index is 2.08. The van der Waals surface area contributed by atoms with E-state index in [2.05, 4.69) is 4.98 Å². The van der Waals surface area contributed by atoms with E-state index < -0.39 is 6.10 Å². The third-order valence-electron chi connectivity index (χ3n) is 2.72. The van der Waals surface area contributed by atoms with Crippen LogP contribution in [0.3, 0.4) is 0 Å². The fraction of sp³-hybridized carbons (Fsp3) is 0.357. The summed E-state index contributed by atoms with van der Waals surface area (Å²) in [6, 6.07) is 7.85. The predicted octanol–water partition coefficient (Wildman–Crippen LogP) is 2.87. The SMILES string of the molecule is COCc1cccc(C(O)Cc2csc(C)n2)c1. The molecule has 0 fully saturated rings. The molecule has 2 aromatic rings. The van der Waals surface area contributed by atoms with Crippen LogP contribution in [0.4, 0.5) is 0 Å². The molecule has 18 heavy (non-hydrogen) atoms. The van der Waals surface area contributed by atoms with Crippen LogP contribution < -0.4 is 0 Å². The Hall–Kier alpha value is -1.23. The normalized spacial score (nSPS) is 12.6. The summed E-state index contributed by atoms with van der Waals surface area (Å²) in [6.07, 6.45) is 0.0455. The second-order valence-electron chi connectivity index (χ2n) is 4.26. The molecule has 0 bridgehead atoms. The van der Waals surface area contributed by atoms with E-state index in [9.17, 15) is 5.11 Å². The van der Waals surface area contributed by atoms with Gasteiger partial charge in [-0.05, 0) is 18.1 Å². The number of aryl methyl sites for hydroxylation is 1. The first-order chi connectivity index (χ1) is 8.69. The molecule has 0 aliphatic carbocycles. The van der Waals surface area contributed by atoms with Gasteiger partial charge in [0, 0.05) is 18.9 Å². The van der Waals surface area contributed by atoms with E-state index in [-0.39, 0.29) is 0 Å². The van der Waals surface area contributed by atoms with Gasteiger partial charge in [-0.2, -0.15) is 0 Å². The Morgan fingerprint density at radius 1 is 1.44 bits per heavy atom. The molecule has 0 radical (unpaired) electrons. The highest BCUT2D eigenvalue weighted by Crippen LogP contribution is 2.20. The molecule has 1 heterocycles. The molecule has 0 aliphatic heterocycles. The highest BCUT2D eigenvalue weighted by Gasteiger charge is 2.11. The largest absolute Gasteiger partial charge is 0.388 e. The second-order valence-corrected chi connectivity index (χ2v) is 5.32. The first-order valence-corrected chi connectivity index (χ1v) is 6.74. The van der Waals surface area contributed by atoms with Crippen molar-refractivity contribution in [1.82, 2.24) is 4.98 Å². The van der Waals surface area contributed by atoms with Gasteiger partial charge in [-0.1, -0.05) is 24.3 Å². The summed E-state index contributed by atoms with van der Waals surface area (Å²) in [6.45, 7) is 2.54. The smallest absolute Gasteiger partial charge is 0.0897 e. The molecule has 96 valence electrons. The zero-order chi connectivity index (χ0) is 13.0. The summed E-state index contributed by atoms with van der Waals surface area (Å²) in [5.74, 6) is 0. The molecule has 0 spiro atoms. The molecule has 2 rings (SSSR count). The topological polar surface area (TPSA) is 42.4 Å². The molecule has 0 saturated carbocycles. The molecule has 0 amide bonds. The predicted molar refractivity (Wildman–Crippen MR) is 72.7 cm³/mol. The van der Waals surface area contributed by atoms with Crippen molar-refractivity contribution >= 4 is 11.3 Å². The molecule has 1 atom stereocenters. The average Bonchev–Trinajstić information content (AvgIpc) is 2.75. The number of methoxy groups -OCH3 is 1. The maximum atomic E-state index is 10.2. The van der Waals surface area contributed by atoms with E-state index >= 15 is 0 Å². The first kappa shape index (κ1) is 13.2. The van der Waals surface area contributed by atoms with Crippen LogP contribution in [0.1, 0.15) is 27.9 Å². The fourth-order valence-electron chi connectivity index (χ4n) is 1.87. The summed E-state index contributed by atoms with van der Waals surface area (Å²) in [5, 5.41) is 13.2. The average molecular weight is 263 g/mol. The molecular weight excluding hydrogens is 246 g/mol. The van der Waals surface area contributed by atoms with Crippen LogP contribution in [-0.4, -0.2) is 17.2 Å². The lowest BCUT2D eigenvalue weighted by Crippen LogP contribution is -2.03. The van der Waals surface area contributed by atoms with E-state index in [1.165, 1.54) is 0 Å². The molecule has 1 aromatic carbocycles. The van der Waals surface area contributed by atoms with Gasteiger partial charge < -0.3 is 9.84 Å². The maximum Gasteiger partial charge on any atom is 0.0897 e. The number of nitrogens with zero attached hydrogens (tertiary/aromatic N) is 1. The Morgan fingerprint density at radius 3 is 2.94 bits per heavy atom. The van der Waals surface area contributed by atoms with Crippen molar-refractivity contribution in [2.75, 3.05) is 7.11 Å². The zero-order valence-electron chi connectivity index (χ0n) is 10.6. The summed E-state index contributed by atoms with van der Waals surface area (Å²) >= 11 is 1.61. The molecule has 1 unspecified atom stereocenters. The van der Waals surface area contributed by atoms with Crippen LogP contribution in [0.25, 0.3) is 0 Å². The van der Waals surface area contributed by atoms with Crippen LogP contribution in [0.2, 0.25) is 0 Å². The minimum absolute atomic E-state index is 0.511. The number of aliphatic hydroxyl groups excluding tert-OH is 1. The van der Waals surface area contributed by atoms with Crippen molar-refractivity contribution in [3.05, 3.63) is 51.5 Å². The Labute approximate surface area is 111 Å². The van der Waals surface area contributed by atoms with Crippen molar-refractivity contribution in [3.8, 4) is 0 Å². The van der Waals surface area contributed by atoms with Crippen LogP contribution in [0.15, 0.2) is 29.6 Å². The lowest BCUT2D eigenvalue weighted by Gasteiger charge is -2.11. The van der Waals surface area contributed by atoms with Gasteiger partial charge in [0.2, 0.25) is 0 Å². The number of hydrogen-bond acceptors (Lipinski definition) is 4. The minimum Gasteiger partial charge on any atom is -0.388 e. The van der Waals surface area contributed by atoms with Crippen molar-refractivity contribution in [3.63, 3.8) is 0 Å². The van der Waals surface area contributed by atoms with E-state index in [1.54, 1.807) is 18.4 Å². The monoisotopic (exact) mass is 263 g/mol. The highest BCUT2D eigenvalue weighted by atomic mass is 32.1. The number of aromatic nitrogens is 1. The summed E-state index contributed by atoms with van der Waals surface area (Å²) in [7, 11) is 1.67. The Morgan fingerprint density at radius 2 is 2.28 bits per heavy atom. The number of aliphatic hydroxyl groups is 1. The van der Waals surface area contributed by atoms with Crippen LogP contribution in [-0.2, 0) is 17.8 Å². The fourth-order valence-corrected chi connectivity index (χ4v) is 2.50. The van der Waals surface area contributed by atoms with Gasteiger partial charge in [0.15, 0.2) is 0 Å². The number of ether oxygens (including phenoxy) is 1. The van der Waals surface area contributed by atoms with Gasteiger partial charge in [-0.15, -0.1) is 11.3 Å². The molecule has 1 aromatic heterocycles. The van der Waals surface area contributed by atoms with Gasteiger partial charge in [0.05, 0.1) is 23.4 Å².